The zero-order valence-corrected chi connectivity index (χ0v) is 11.0. The Morgan fingerprint density at radius 2 is 2.29 bits per heavy atom. The molecule has 2 unspecified atom stereocenters. The second-order valence-corrected chi connectivity index (χ2v) is 5.95. The minimum Gasteiger partial charge on any atom is -0.381 e. The molecular weight excluding hydrogens is 216 g/mol. The zero-order chi connectivity index (χ0) is 12.5. The molecule has 0 aliphatic carbocycles. The van der Waals surface area contributed by atoms with E-state index in [0.717, 1.165) is 52.0 Å². The van der Waals surface area contributed by atoms with Gasteiger partial charge < -0.3 is 15.4 Å². The van der Waals surface area contributed by atoms with Crippen molar-refractivity contribution >= 4 is 5.91 Å². The molecule has 4 heteroatoms. The minimum absolute atomic E-state index is 0.114. The number of ether oxygens (including phenoxy) is 1. The molecule has 0 radical (unpaired) electrons. The number of carbonyl (C=O) groups excluding carboxylic acids is 1. The van der Waals surface area contributed by atoms with Crippen molar-refractivity contribution in [1.29, 1.82) is 0 Å². The Hall–Kier alpha value is -0.610. The first-order chi connectivity index (χ1) is 7.99. The molecule has 2 saturated heterocycles. The van der Waals surface area contributed by atoms with E-state index < -0.39 is 5.54 Å². The molecule has 98 valence electrons. The normalized spacial score (nSPS) is 32.1. The van der Waals surface area contributed by atoms with Gasteiger partial charge in [-0.2, -0.15) is 0 Å². The summed E-state index contributed by atoms with van der Waals surface area (Å²) in [6, 6.07) is 0. The minimum atomic E-state index is -0.695. The fourth-order valence-corrected chi connectivity index (χ4v) is 3.07. The third kappa shape index (κ3) is 2.47. The van der Waals surface area contributed by atoms with Gasteiger partial charge in [0, 0.05) is 25.1 Å². The van der Waals surface area contributed by atoms with Crippen LogP contribution >= 0.6 is 0 Å². The van der Waals surface area contributed by atoms with Crippen LogP contribution in [0.15, 0.2) is 0 Å². The van der Waals surface area contributed by atoms with E-state index in [4.69, 9.17) is 10.5 Å². The van der Waals surface area contributed by atoms with Gasteiger partial charge in [-0.05, 0) is 26.2 Å². The van der Waals surface area contributed by atoms with Gasteiger partial charge in [0.1, 0.15) is 0 Å². The van der Waals surface area contributed by atoms with Gasteiger partial charge in [-0.3, -0.25) is 4.79 Å². The summed E-state index contributed by atoms with van der Waals surface area (Å²) < 4.78 is 5.47. The molecule has 2 aliphatic heterocycles. The van der Waals surface area contributed by atoms with Gasteiger partial charge in [0.25, 0.3) is 0 Å². The van der Waals surface area contributed by atoms with Crippen molar-refractivity contribution in [2.45, 2.75) is 45.1 Å². The Bertz CT molecular complexity index is 296. The maximum absolute atomic E-state index is 12.4. The molecule has 0 aromatic carbocycles. The number of nitrogens with zero attached hydrogens (tertiary/aromatic N) is 1. The zero-order valence-electron chi connectivity index (χ0n) is 11.0. The van der Waals surface area contributed by atoms with Crippen molar-refractivity contribution < 1.29 is 9.53 Å². The number of likely N-dealkylation sites (tertiary alicyclic amines) is 1. The van der Waals surface area contributed by atoms with Gasteiger partial charge in [0.15, 0.2) is 0 Å². The first-order valence-electron chi connectivity index (χ1n) is 6.65. The number of amides is 1. The van der Waals surface area contributed by atoms with Crippen molar-refractivity contribution in [2.75, 3.05) is 26.3 Å². The molecule has 2 N–H and O–H groups in total. The van der Waals surface area contributed by atoms with Crippen LogP contribution in [0, 0.1) is 5.41 Å². The lowest BCUT2D eigenvalue weighted by molar-refractivity contribution is -0.136. The molecule has 2 fully saturated rings. The van der Waals surface area contributed by atoms with Gasteiger partial charge in [0.2, 0.25) is 5.91 Å². The van der Waals surface area contributed by atoms with E-state index in [1.54, 1.807) is 0 Å². The average molecular weight is 240 g/mol. The van der Waals surface area contributed by atoms with Crippen LogP contribution in [0.1, 0.15) is 39.5 Å². The highest BCUT2D eigenvalue weighted by Crippen LogP contribution is 2.38. The molecule has 2 atom stereocenters. The lowest BCUT2D eigenvalue weighted by Crippen LogP contribution is -2.53. The molecule has 0 saturated carbocycles. The van der Waals surface area contributed by atoms with E-state index in [1.807, 2.05) is 11.8 Å². The molecule has 1 amide bonds. The average Bonchev–Trinajstić information content (AvgIpc) is 2.89. The van der Waals surface area contributed by atoms with E-state index in [0.29, 0.717) is 0 Å². The fraction of sp³-hybridized carbons (Fsp3) is 0.923. The van der Waals surface area contributed by atoms with Crippen molar-refractivity contribution in [1.82, 2.24) is 4.90 Å². The Balaban J connectivity index is 1.98. The third-order valence-corrected chi connectivity index (χ3v) is 4.17. The summed E-state index contributed by atoms with van der Waals surface area (Å²) in [5, 5.41) is 0. The third-order valence-electron chi connectivity index (χ3n) is 4.17. The molecule has 17 heavy (non-hydrogen) atoms. The number of hydrogen-bond acceptors (Lipinski definition) is 3. The van der Waals surface area contributed by atoms with Crippen molar-refractivity contribution in [3.63, 3.8) is 0 Å². The van der Waals surface area contributed by atoms with E-state index in [9.17, 15) is 4.79 Å². The van der Waals surface area contributed by atoms with Crippen LogP contribution in [0.2, 0.25) is 0 Å². The SMILES string of the molecule is CCCC(C)(N)C(=O)N1CCC2(CCOC2)C1. The summed E-state index contributed by atoms with van der Waals surface area (Å²) in [7, 11) is 0. The Morgan fingerprint density at radius 1 is 1.53 bits per heavy atom. The second-order valence-electron chi connectivity index (χ2n) is 5.95. The van der Waals surface area contributed by atoms with Crippen LogP contribution in [0.5, 0.6) is 0 Å². The van der Waals surface area contributed by atoms with Crippen LogP contribution < -0.4 is 5.73 Å². The molecule has 2 aliphatic rings. The summed E-state index contributed by atoms with van der Waals surface area (Å²) >= 11 is 0. The quantitative estimate of drug-likeness (QED) is 0.805. The molecule has 0 bridgehead atoms. The van der Waals surface area contributed by atoms with Gasteiger partial charge in [-0.25, -0.2) is 0 Å². The van der Waals surface area contributed by atoms with Gasteiger partial charge in [0.05, 0.1) is 12.1 Å². The van der Waals surface area contributed by atoms with E-state index in [1.165, 1.54) is 0 Å². The largest absolute Gasteiger partial charge is 0.381 e. The summed E-state index contributed by atoms with van der Waals surface area (Å²) in [5.41, 5.74) is 5.65. The van der Waals surface area contributed by atoms with Crippen LogP contribution in [0.25, 0.3) is 0 Å². The van der Waals surface area contributed by atoms with Gasteiger partial charge in [-0.1, -0.05) is 13.3 Å². The predicted octanol–water partition coefficient (Wildman–Crippen LogP) is 1.14. The standard InChI is InChI=1S/C13H24N2O2/c1-3-4-12(2,14)11(16)15-7-5-13(9-15)6-8-17-10-13/h3-10,14H2,1-2H3. The smallest absolute Gasteiger partial charge is 0.242 e. The maximum Gasteiger partial charge on any atom is 0.242 e. The van der Waals surface area contributed by atoms with Crippen molar-refractivity contribution in [3.8, 4) is 0 Å². The first kappa shape index (κ1) is 12.8. The first-order valence-corrected chi connectivity index (χ1v) is 6.65. The molecular formula is C13H24N2O2. The van der Waals surface area contributed by atoms with E-state index >= 15 is 0 Å². The second kappa shape index (κ2) is 4.58. The van der Waals surface area contributed by atoms with Gasteiger partial charge in [-0.15, -0.1) is 0 Å². The molecule has 2 rings (SSSR count). The molecule has 0 aromatic heterocycles. The van der Waals surface area contributed by atoms with Crippen LogP contribution in [0.4, 0.5) is 0 Å². The van der Waals surface area contributed by atoms with E-state index in [-0.39, 0.29) is 11.3 Å². The topological polar surface area (TPSA) is 55.6 Å². The molecule has 2 heterocycles. The number of hydrogen-bond donors (Lipinski definition) is 1. The Kier molecular flexibility index (Phi) is 3.46. The fourth-order valence-electron chi connectivity index (χ4n) is 3.07. The summed E-state index contributed by atoms with van der Waals surface area (Å²) in [5.74, 6) is 0.114. The lowest BCUT2D eigenvalue weighted by Gasteiger charge is -2.30. The highest BCUT2D eigenvalue weighted by atomic mass is 16.5. The number of nitrogens with two attached hydrogens (primary N) is 1. The maximum atomic E-state index is 12.4. The Morgan fingerprint density at radius 3 is 2.88 bits per heavy atom. The molecule has 1 spiro atoms. The monoisotopic (exact) mass is 240 g/mol. The van der Waals surface area contributed by atoms with Crippen molar-refractivity contribution in [3.05, 3.63) is 0 Å². The highest BCUT2D eigenvalue weighted by Gasteiger charge is 2.45. The number of carbonyl (C=O) groups is 1. The summed E-state index contributed by atoms with van der Waals surface area (Å²) in [6.07, 6.45) is 3.86. The Labute approximate surface area is 103 Å². The summed E-state index contributed by atoms with van der Waals surface area (Å²) in [4.78, 5) is 14.3. The van der Waals surface area contributed by atoms with Crippen LogP contribution in [-0.4, -0.2) is 42.6 Å². The van der Waals surface area contributed by atoms with Crippen LogP contribution in [-0.2, 0) is 9.53 Å². The van der Waals surface area contributed by atoms with E-state index in [2.05, 4.69) is 6.92 Å². The van der Waals surface area contributed by atoms with Gasteiger partial charge >= 0.3 is 0 Å². The van der Waals surface area contributed by atoms with Crippen molar-refractivity contribution in [2.24, 2.45) is 11.1 Å². The highest BCUT2D eigenvalue weighted by molar-refractivity contribution is 5.86. The lowest BCUT2D eigenvalue weighted by atomic mass is 9.87. The summed E-state index contributed by atoms with van der Waals surface area (Å²) in [6.45, 7) is 7.26. The van der Waals surface area contributed by atoms with Crippen LogP contribution in [0.3, 0.4) is 0 Å². The predicted molar refractivity (Wildman–Crippen MR) is 66.6 cm³/mol. The number of rotatable bonds is 3. The molecule has 4 nitrogen and oxygen atoms in total. The molecule has 0 aromatic rings.